The van der Waals surface area contributed by atoms with E-state index in [1.165, 1.54) is 0 Å². The number of amides is 1. The fraction of sp³-hybridized carbons (Fsp3) is 0.462. The summed E-state index contributed by atoms with van der Waals surface area (Å²) in [6.07, 6.45) is 2.83. The molecule has 2 aromatic rings. The lowest BCUT2D eigenvalue weighted by Crippen LogP contribution is -2.24. The first-order valence-corrected chi connectivity index (χ1v) is 6.92. The molecule has 0 atom stereocenters. The minimum atomic E-state index is 0.0390. The fourth-order valence-corrected chi connectivity index (χ4v) is 2.18. The van der Waals surface area contributed by atoms with Crippen molar-refractivity contribution < 1.29 is 4.79 Å². The van der Waals surface area contributed by atoms with Crippen molar-refractivity contribution in [1.29, 1.82) is 0 Å². The Bertz CT molecular complexity index is 567. The fourth-order valence-electron chi connectivity index (χ4n) is 2.01. The Balaban J connectivity index is 2.23. The van der Waals surface area contributed by atoms with Gasteiger partial charge >= 0.3 is 0 Å². The highest BCUT2D eigenvalue weighted by Crippen LogP contribution is 2.15. The molecule has 2 aromatic heterocycles. The number of nitrogens with zero attached hydrogens (tertiary/aromatic N) is 3. The molecule has 0 bridgehead atoms. The number of fused-ring (bicyclic) bond motifs is 1. The maximum absolute atomic E-state index is 11.6. The van der Waals surface area contributed by atoms with Crippen LogP contribution in [0.4, 0.5) is 0 Å². The normalized spacial score (nSPS) is 10.8. The lowest BCUT2D eigenvalue weighted by Gasteiger charge is -2.07. The van der Waals surface area contributed by atoms with Crippen LogP contribution in [0.2, 0.25) is 0 Å². The second kappa shape index (κ2) is 6.52. The Morgan fingerprint density at radius 2 is 2.37 bits per heavy atom. The topological polar surface area (TPSA) is 59.8 Å². The number of nitrogens with one attached hydrogen (secondary N) is 1. The molecule has 102 valence electrons. The van der Waals surface area contributed by atoms with Crippen molar-refractivity contribution in [3.05, 3.63) is 24.2 Å². The van der Waals surface area contributed by atoms with Gasteiger partial charge in [0, 0.05) is 38.0 Å². The largest absolute Gasteiger partial charge is 0.356 e. The second-order valence-electron chi connectivity index (χ2n) is 4.17. The van der Waals surface area contributed by atoms with E-state index in [4.69, 9.17) is 11.6 Å². The summed E-state index contributed by atoms with van der Waals surface area (Å²) in [5.74, 6) is 1.43. The number of carbonyl (C=O) groups excluding carboxylic acids is 1. The smallest absolute Gasteiger partial charge is 0.221 e. The maximum Gasteiger partial charge on any atom is 0.221 e. The minimum Gasteiger partial charge on any atom is -0.356 e. The molecule has 0 saturated carbocycles. The van der Waals surface area contributed by atoms with Gasteiger partial charge in [-0.3, -0.25) is 4.79 Å². The number of aromatic nitrogens is 3. The molecular formula is C13H17ClN4O. The first-order valence-electron chi connectivity index (χ1n) is 6.39. The summed E-state index contributed by atoms with van der Waals surface area (Å²) in [6.45, 7) is 3.13. The van der Waals surface area contributed by atoms with E-state index in [-0.39, 0.29) is 5.91 Å². The van der Waals surface area contributed by atoms with Crippen LogP contribution in [0.1, 0.15) is 19.2 Å². The van der Waals surface area contributed by atoms with Crippen LogP contribution >= 0.6 is 11.6 Å². The van der Waals surface area contributed by atoms with Gasteiger partial charge in [-0.25, -0.2) is 9.97 Å². The Kier molecular flexibility index (Phi) is 4.74. The van der Waals surface area contributed by atoms with Gasteiger partial charge in [0.1, 0.15) is 11.3 Å². The number of halogens is 1. The third-order valence-corrected chi connectivity index (χ3v) is 3.03. The van der Waals surface area contributed by atoms with Gasteiger partial charge in [-0.05, 0) is 19.1 Å². The molecule has 0 saturated heterocycles. The van der Waals surface area contributed by atoms with Crippen LogP contribution < -0.4 is 5.32 Å². The van der Waals surface area contributed by atoms with Gasteiger partial charge in [0.25, 0.3) is 0 Å². The molecule has 0 fully saturated rings. The summed E-state index contributed by atoms with van der Waals surface area (Å²) < 4.78 is 1.98. The summed E-state index contributed by atoms with van der Waals surface area (Å²) in [7, 11) is 0. The number of hydrogen-bond acceptors (Lipinski definition) is 3. The van der Waals surface area contributed by atoms with Gasteiger partial charge in [-0.2, -0.15) is 0 Å². The summed E-state index contributed by atoms with van der Waals surface area (Å²) in [5.41, 5.74) is 1.66. The number of imidazole rings is 1. The quantitative estimate of drug-likeness (QED) is 0.820. The van der Waals surface area contributed by atoms with Crippen LogP contribution in [0, 0.1) is 0 Å². The highest BCUT2D eigenvalue weighted by Gasteiger charge is 2.12. The highest BCUT2D eigenvalue weighted by molar-refractivity contribution is 6.17. The van der Waals surface area contributed by atoms with E-state index >= 15 is 0 Å². The van der Waals surface area contributed by atoms with Crippen LogP contribution in [-0.4, -0.2) is 32.9 Å². The highest BCUT2D eigenvalue weighted by atomic mass is 35.5. The van der Waals surface area contributed by atoms with Crippen molar-refractivity contribution in [3.8, 4) is 0 Å². The van der Waals surface area contributed by atoms with Crippen LogP contribution in [0.5, 0.6) is 0 Å². The predicted octanol–water partition coefficient (Wildman–Crippen LogP) is 1.74. The Morgan fingerprint density at radius 3 is 3.11 bits per heavy atom. The second-order valence-corrected chi connectivity index (χ2v) is 4.55. The average Bonchev–Trinajstić information content (AvgIpc) is 2.75. The summed E-state index contributed by atoms with van der Waals surface area (Å²) in [4.78, 5) is 20.4. The van der Waals surface area contributed by atoms with Crippen LogP contribution in [-0.2, 0) is 17.8 Å². The summed E-state index contributed by atoms with van der Waals surface area (Å²) >= 11 is 5.80. The molecule has 5 nitrogen and oxygen atoms in total. The van der Waals surface area contributed by atoms with Crippen molar-refractivity contribution in [2.75, 3.05) is 12.4 Å². The third kappa shape index (κ3) is 3.23. The Labute approximate surface area is 117 Å². The predicted molar refractivity (Wildman–Crippen MR) is 75.3 cm³/mol. The summed E-state index contributed by atoms with van der Waals surface area (Å²) in [5, 5.41) is 2.79. The zero-order valence-electron chi connectivity index (χ0n) is 10.9. The maximum atomic E-state index is 11.6. The SMILES string of the molecule is CCNC(=O)CCn1c(CCCl)nc2cccnc21. The molecule has 6 heteroatoms. The number of hydrogen-bond donors (Lipinski definition) is 1. The molecule has 2 rings (SSSR count). The molecule has 19 heavy (non-hydrogen) atoms. The molecule has 0 radical (unpaired) electrons. The number of alkyl halides is 1. The van der Waals surface area contributed by atoms with Gasteiger partial charge in [-0.15, -0.1) is 11.6 Å². The number of carbonyl (C=O) groups is 1. The molecule has 0 aromatic carbocycles. The molecule has 0 spiro atoms. The zero-order valence-corrected chi connectivity index (χ0v) is 11.7. The summed E-state index contributed by atoms with van der Waals surface area (Å²) in [6, 6.07) is 3.77. The van der Waals surface area contributed by atoms with Gasteiger partial charge in [0.05, 0.1) is 0 Å². The Hall–Kier alpha value is -1.62. The van der Waals surface area contributed by atoms with E-state index in [1.807, 2.05) is 23.6 Å². The molecular weight excluding hydrogens is 264 g/mol. The minimum absolute atomic E-state index is 0.0390. The van der Waals surface area contributed by atoms with Gasteiger partial charge in [-0.1, -0.05) is 0 Å². The van der Waals surface area contributed by atoms with E-state index in [0.717, 1.165) is 17.0 Å². The molecule has 2 heterocycles. The Morgan fingerprint density at radius 1 is 1.53 bits per heavy atom. The van der Waals surface area contributed by atoms with Crippen LogP contribution in [0.3, 0.4) is 0 Å². The van der Waals surface area contributed by atoms with E-state index < -0.39 is 0 Å². The van der Waals surface area contributed by atoms with E-state index in [1.54, 1.807) is 6.20 Å². The molecule has 1 N–H and O–H groups in total. The first kappa shape index (κ1) is 13.8. The molecule has 1 amide bonds. The van der Waals surface area contributed by atoms with Crippen molar-refractivity contribution in [2.24, 2.45) is 0 Å². The number of rotatable bonds is 6. The van der Waals surface area contributed by atoms with Gasteiger partial charge in [0.2, 0.25) is 5.91 Å². The van der Waals surface area contributed by atoms with Gasteiger partial charge < -0.3 is 9.88 Å². The van der Waals surface area contributed by atoms with E-state index in [9.17, 15) is 4.79 Å². The molecule has 0 unspecified atom stereocenters. The van der Waals surface area contributed by atoms with Crippen molar-refractivity contribution in [2.45, 2.75) is 26.3 Å². The lowest BCUT2D eigenvalue weighted by molar-refractivity contribution is -0.121. The number of pyridine rings is 1. The lowest BCUT2D eigenvalue weighted by atomic mass is 10.3. The first-order chi connectivity index (χ1) is 9.26. The number of aryl methyl sites for hydroxylation is 2. The average molecular weight is 281 g/mol. The van der Waals surface area contributed by atoms with Gasteiger partial charge in [0.15, 0.2) is 5.65 Å². The monoisotopic (exact) mass is 280 g/mol. The van der Waals surface area contributed by atoms with Crippen molar-refractivity contribution in [1.82, 2.24) is 19.9 Å². The molecule has 0 aliphatic rings. The van der Waals surface area contributed by atoms with Crippen molar-refractivity contribution in [3.63, 3.8) is 0 Å². The third-order valence-electron chi connectivity index (χ3n) is 2.84. The zero-order chi connectivity index (χ0) is 13.7. The standard InChI is InChI=1S/C13H17ClN4O/c1-2-15-12(19)6-9-18-11(5-7-14)17-10-4-3-8-16-13(10)18/h3-4,8H,2,5-7,9H2,1H3,(H,15,19). The van der Waals surface area contributed by atoms with E-state index in [2.05, 4.69) is 15.3 Å². The van der Waals surface area contributed by atoms with E-state index in [0.29, 0.717) is 31.8 Å². The van der Waals surface area contributed by atoms with Crippen LogP contribution in [0.15, 0.2) is 18.3 Å². The molecule has 0 aliphatic heterocycles. The van der Waals surface area contributed by atoms with Crippen LogP contribution in [0.25, 0.3) is 11.2 Å². The van der Waals surface area contributed by atoms with Crippen molar-refractivity contribution >= 4 is 28.7 Å². The molecule has 0 aliphatic carbocycles.